The highest BCUT2D eigenvalue weighted by atomic mass is 16.3. The molecule has 9 heavy (non-hydrogen) atoms. The van der Waals surface area contributed by atoms with Gasteiger partial charge in [-0.3, -0.25) is 0 Å². The molecule has 0 aliphatic heterocycles. The lowest BCUT2D eigenvalue weighted by atomic mass is 10.1. The molecule has 0 saturated carbocycles. The molecule has 0 aliphatic rings. The monoisotopic (exact) mass is 130 g/mol. The highest BCUT2D eigenvalue weighted by molar-refractivity contribution is 4.94. The van der Waals surface area contributed by atoms with Gasteiger partial charge in [-0.05, 0) is 20.3 Å². The minimum absolute atomic E-state index is 0.145. The maximum atomic E-state index is 9.08. The van der Waals surface area contributed by atoms with Crippen molar-refractivity contribution in [3.05, 3.63) is 12.2 Å². The van der Waals surface area contributed by atoms with Crippen molar-refractivity contribution < 1.29 is 10.2 Å². The normalized spacial score (nSPS) is 12.9. The van der Waals surface area contributed by atoms with Gasteiger partial charge in [-0.2, -0.15) is 0 Å². The molecule has 0 atom stereocenters. The van der Waals surface area contributed by atoms with Crippen molar-refractivity contribution in [1.82, 2.24) is 0 Å². The van der Waals surface area contributed by atoms with Gasteiger partial charge in [0.25, 0.3) is 0 Å². The van der Waals surface area contributed by atoms with Gasteiger partial charge in [-0.25, -0.2) is 0 Å². The molecule has 0 amide bonds. The Hall–Kier alpha value is -0.340. The predicted molar refractivity (Wildman–Crippen MR) is 37.1 cm³/mol. The average molecular weight is 130 g/mol. The summed E-state index contributed by atoms with van der Waals surface area (Å²) in [4.78, 5) is 0. The van der Waals surface area contributed by atoms with Crippen LogP contribution in [0.3, 0.4) is 0 Å². The molecule has 0 rings (SSSR count). The fourth-order valence-corrected chi connectivity index (χ4v) is 0.446. The standard InChI is InChI=1S/C7H14O2/c1-7(2,9)5-3-4-6-8/h3,5,8-9H,4,6H2,1-2H3/b5-3+. The fourth-order valence-electron chi connectivity index (χ4n) is 0.446. The van der Waals surface area contributed by atoms with Gasteiger partial charge in [0.2, 0.25) is 0 Å². The lowest BCUT2D eigenvalue weighted by Crippen LogP contribution is -2.13. The molecule has 0 bridgehead atoms. The highest BCUT2D eigenvalue weighted by Crippen LogP contribution is 2.02. The summed E-state index contributed by atoms with van der Waals surface area (Å²) in [5, 5.41) is 17.4. The molecule has 0 aliphatic carbocycles. The van der Waals surface area contributed by atoms with Crippen LogP contribution in [0.15, 0.2) is 12.2 Å². The molecule has 2 nitrogen and oxygen atoms in total. The van der Waals surface area contributed by atoms with E-state index in [0.717, 1.165) is 0 Å². The Labute approximate surface area is 55.8 Å². The second-order valence-electron chi connectivity index (χ2n) is 2.57. The smallest absolute Gasteiger partial charge is 0.0771 e. The Morgan fingerprint density at radius 2 is 2.00 bits per heavy atom. The van der Waals surface area contributed by atoms with Gasteiger partial charge in [-0.15, -0.1) is 0 Å². The molecule has 2 N–H and O–H groups in total. The summed E-state index contributed by atoms with van der Waals surface area (Å²) in [7, 11) is 0. The van der Waals surface area contributed by atoms with Crippen LogP contribution in [0.5, 0.6) is 0 Å². The molecule has 0 heterocycles. The maximum Gasteiger partial charge on any atom is 0.0771 e. The Morgan fingerprint density at radius 3 is 2.33 bits per heavy atom. The van der Waals surface area contributed by atoms with Crippen LogP contribution in [0.4, 0.5) is 0 Å². The van der Waals surface area contributed by atoms with Crippen LogP contribution in [0.2, 0.25) is 0 Å². The van der Waals surface area contributed by atoms with E-state index in [-0.39, 0.29) is 6.61 Å². The van der Waals surface area contributed by atoms with Crippen LogP contribution >= 0.6 is 0 Å². The fraction of sp³-hybridized carbons (Fsp3) is 0.714. The second-order valence-corrected chi connectivity index (χ2v) is 2.57. The van der Waals surface area contributed by atoms with Crippen molar-refractivity contribution in [2.75, 3.05) is 6.61 Å². The summed E-state index contributed by atoms with van der Waals surface area (Å²) in [6.07, 6.45) is 4.05. The predicted octanol–water partition coefficient (Wildman–Crippen LogP) is 0.696. The van der Waals surface area contributed by atoms with Crippen LogP contribution in [-0.2, 0) is 0 Å². The summed E-state index contributed by atoms with van der Waals surface area (Å²) in [5.41, 5.74) is -0.741. The average Bonchev–Trinajstić information content (AvgIpc) is 1.63. The molecular weight excluding hydrogens is 116 g/mol. The Balaban J connectivity index is 3.45. The van der Waals surface area contributed by atoms with Gasteiger partial charge in [0.1, 0.15) is 0 Å². The van der Waals surface area contributed by atoms with E-state index in [9.17, 15) is 0 Å². The molecule has 0 aromatic heterocycles. The zero-order chi connectivity index (χ0) is 7.33. The van der Waals surface area contributed by atoms with Gasteiger partial charge in [-0.1, -0.05) is 12.2 Å². The largest absolute Gasteiger partial charge is 0.396 e. The van der Waals surface area contributed by atoms with Crippen LogP contribution in [-0.4, -0.2) is 22.4 Å². The Morgan fingerprint density at radius 1 is 1.44 bits per heavy atom. The van der Waals surface area contributed by atoms with Gasteiger partial charge in [0.05, 0.1) is 5.60 Å². The third kappa shape index (κ3) is 7.66. The van der Waals surface area contributed by atoms with E-state index < -0.39 is 5.60 Å². The van der Waals surface area contributed by atoms with E-state index >= 15 is 0 Å². The number of hydrogen-bond acceptors (Lipinski definition) is 2. The van der Waals surface area contributed by atoms with Gasteiger partial charge >= 0.3 is 0 Å². The molecule has 0 fully saturated rings. The number of rotatable bonds is 3. The van der Waals surface area contributed by atoms with Crippen molar-refractivity contribution >= 4 is 0 Å². The van der Waals surface area contributed by atoms with Crippen molar-refractivity contribution in [3.63, 3.8) is 0 Å². The Kier molecular flexibility index (Phi) is 3.50. The van der Waals surface area contributed by atoms with E-state index in [1.165, 1.54) is 0 Å². The lowest BCUT2D eigenvalue weighted by Gasteiger charge is -2.09. The zero-order valence-electron chi connectivity index (χ0n) is 5.96. The summed E-state index contributed by atoms with van der Waals surface area (Å²) in [6, 6.07) is 0. The van der Waals surface area contributed by atoms with E-state index in [0.29, 0.717) is 6.42 Å². The second kappa shape index (κ2) is 3.64. The van der Waals surface area contributed by atoms with Crippen molar-refractivity contribution in [2.45, 2.75) is 25.9 Å². The maximum absolute atomic E-state index is 9.08. The lowest BCUT2D eigenvalue weighted by molar-refractivity contribution is 0.132. The van der Waals surface area contributed by atoms with Crippen LogP contribution in [0, 0.1) is 0 Å². The van der Waals surface area contributed by atoms with Crippen molar-refractivity contribution in [1.29, 1.82) is 0 Å². The third-order valence-electron chi connectivity index (χ3n) is 0.821. The molecule has 0 radical (unpaired) electrons. The van der Waals surface area contributed by atoms with E-state index in [4.69, 9.17) is 10.2 Å². The van der Waals surface area contributed by atoms with Crippen LogP contribution < -0.4 is 0 Å². The van der Waals surface area contributed by atoms with Gasteiger partial charge in [0.15, 0.2) is 0 Å². The quantitative estimate of drug-likeness (QED) is 0.552. The molecule has 0 saturated heterocycles. The summed E-state index contributed by atoms with van der Waals surface area (Å²) in [6.45, 7) is 3.54. The SMILES string of the molecule is CC(C)(O)/C=C/CCO. The van der Waals surface area contributed by atoms with E-state index in [2.05, 4.69) is 0 Å². The molecule has 54 valence electrons. The molecular formula is C7H14O2. The summed E-state index contributed by atoms with van der Waals surface area (Å²) >= 11 is 0. The van der Waals surface area contributed by atoms with Crippen molar-refractivity contribution in [3.8, 4) is 0 Å². The minimum atomic E-state index is -0.741. The van der Waals surface area contributed by atoms with E-state index in [1.54, 1.807) is 26.0 Å². The summed E-state index contributed by atoms with van der Waals surface area (Å²) in [5.74, 6) is 0. The molecule has 0 aromatic rings. The van der Waals surface area contributed by atoms with Gasteiger partial charge < -0.3 is 10.2 Å². The van der Waals surface area contributed by atoms with Crippen molar-refractivity contribution in [2.24, 2.45) is 0 Å². The van der Waals surface area contributed by atoms with Crippen LogP contribution in [0.25, 0.3) is 0 Å². The topological polar surface area (TPSA) is 40.5 Å². The zero-order valence-corrected chi connectivity index (χ0v) is 5.96. The number of aliphatic hydroxyl groups is 2. The molecule has 0 unspecified atom stereocenters. The first-order valence-corrected chi connectivity index (χ1v) is 3.07. The number of aliphatic hydroxyl groups excluding tert-OH is 1. The third-order valence-corrected chi connectivity index (χ3v) is 0.821. The first-order valence-electron chi connectivity index (χ1n) is 3.07. The molecule has 2 heteroatoms. The molecule has 0 spiro atoms. The van der Waals surface area contributed by atoms with Crippen LogP contribution in [0.1, 0.15) is 20.3 Å². The first-order chi connectivity index (χ1) is 4.06. The Bertz CT molecular complexity index is 89.6. The first kappa shape index (κ1) is 8.66. The van der Waals surface area contributed by atoms with Gasteiger partial charge in [0, 0.05) is 6.61 Å². The molecule has 0 aromatic carbocycles. The highest BCUT2D eigenvalue weighted by Gasteiger charge is 2.04. The van der Waals surface area contributed by atoms with E-state index in [1.807, 2.05) is 0 Å². The number of hydrogen-bond donors (Lipinski definition) is 2. The summed E-state index contributed by atoms with van der Waals surface area (Å²) < 4.78 is 0. The minimum Gasteiger partial charge on any atom is -0.396 e.